The number of nitrogens with zero attached hydrogens (tertiary/aromatic N) is 1. The number of hydrogen-bond donors (Lipinski definition) is 0. The lowest BCUT2D eigenvalue weighted by Crippen LogP contribution is -2.10. The number of sulfone groups is 1. The van der Waals surface area contributed by atoms with Gasteiger partial charge in [0.05, 0.1) is 23.1 Å². The molecule has 0 aromatic heterocycles. The minimum absolute atomic E-state index is 0.0213. The summed E-state index contributed by atoms with van der Waals surface area (Å²) in [5.41, 5.74) is 1.07. The first-order chi connectivity index (χ1) is 10.1. The van der Waals surface area contributed by atoms with E-state index in [-0.39, 0.29) is 11.5 Å². The summed E-state index contributed by atoms with van der Waals surface area (Å²) < 4.78 is 24.2. The lowest BCUT2D eigenvalue weighted by molar-refractivity contribution is 0.578. The number of hydrogen-bond acceptors (Lipinski definition) is 3. The van der Waals surface area contributed by atoms with Crippen LogP contribution in [0.2, 0.25) is 0 Å². The molecule has 0 aliphatic heterocycles. The van der Waals surface area contributed by atoms with Crippen LogP contribution in [0.25, 0.3) is 0 Å². The van der Waals surface area contributed by atoms with Crippen LogP contribution < -0.4 is 0 Å². The van der Waals surface area contributed by atoms with E-state index in [1.165, 1.54) is 25.7 Å². The standard InChI is InChI=1S/C17H25NO2S/c1-2-3-4-5-6-7-10-13-21(19,20)15-17-12-9-8-11-16(17)14-18/h8-9,11-12H,2-7,10,13,15H2,1H3. The third-order valence-corrected chi connectivity index (χ3v) is 5.23. The molecule has 3 nitrogen and oxygen atoms in total. The van der Waals surface area contributed by atoms with Crippen molar-refractivity contribution >= 4 is 9.84 Å². The molecule has 0 saturated carbocycles. The number of benzene rings is 1. The van der Waals surface area contributed by atoms with E-state index in [4.69, 9.17) is 5.26 Å². The molecule has 0 fully saturated rings. The van der Waals surface area contributed by atoms with E-state index in [1.54, 1.807) is 24.3 Å². The molecule has 0 saturated heterocycles. The fourth-order valence-corrected chi connectivity index (χ4v) is 3.86. The van der Waals surface area contributed by atoms with Crippen LogP contribution in [0.1, 0.15) is 63.0 Å². The highest BCUT2D eigenvalue weighted by Gasteiger charge is 2.14. The van der Waals surface area contributed by atoms with Gasteiger partial charge >= 0.3 is 0 Å². The maximum Gasteiger partial charge on any atom is 0.154 e. The van der Waals surface area contributed by atoms with Crippen LogP contribution in [-0.4, -0.2) is 14.2 Å². The van der Waals surface area contributed by atoms with Crippen molar-refractivity contribution in [2.75, 3.05) is 5.75 Å². The van der Waals surface area contributed by atoms with Gasteiger partial charge in [-0.3, -0.25) is 0 Å². The molecule has 4 heteroatoms. The van der Waals surface area contributed by atoms with Crippen LogP contribution in [0.3, 0.4) is 0 Å². The summed E-state index contributed by atoms with van der Waals surface area (Å²) in [6.07, 6.45) is 7.76. The second-order valence-corrected chi connectivity index (χ2v) is 7.67. The molecule has 0 amide bonds. The minimum Gasteiger partial charge on any atom is -0.228 e. The molecule has 0 atom stereocenters. The Bertz CT molecular complexity index is 558. The third kappa shape index (κ3) is 7.29. The normalized spacial score (nSPS) is 11.2. The highest BCUT2D eigenvalue weighted by molar-refractivity contribution is 7.90. The Kier molecular flexibility index (Phi) is 8.07. The SMILES string of the molecule is CCCCCCCCCS(=O)(=O)Cc1ccccc1C#N. The van der Waals surface area contributed by atoms with Gasteiger partial charge in [-0.05, 0) is 18.1 Å². The maximum atomic E-state index is 12.1. The summed E-state index contributed by atoms with van der Waals surface area (Å²) in [5, 5.41) is 8.99. The zero-order valence-electron chi connectivity index (χ0n) is 12.8. The quantitative estimate of drug-likeness (QED) is 0.608. The molecule has 0 unspecified atom stereocenters. The van der Waals surface area contributed by atoms with E-state index in [0.29, 0.717) is 11.1 Å². The highest BCUT2D eigenvalue weighted by atomic mass is 32.2. The van der Waals surface area contributed by atoms with Gasteiger partial charge in [-0.15, -0.1) is 0 Å². The average Bonchev–Trinajstić information content (AvgIpc) is 2.46. The van der Waals surface area contributed by atoms with Crippen molar-refractivity contribution in [2.45, 2.75) is 57.6 Å². The van der Waals surface area contributed by atoms with Crippen LogP contribution in [0, 0.1) is 11.3 Å². The van der Waals surface area contributed by atoms with E-state index in [9.17, 15) is 8.42 Å². The molecule has 0 radical (unpaired) electrons. The van der Waals surface area contributed by atoms with Crippen molar-refractivity contribution in [3.8, 4) is 6.07 Å². The van der Waals surface area contributed by atoms with Crippen molar-refractivity contribution in [3.63, 3.8) is 0 Å². The fourth-order valence-electron chi connectivity index (χ4n) is 2.34. The summed E-state index contributed by atoms with van der Waals surface area (Å²) in [4.78, 5) is 0. The Balaban J connectivity index is 2.36. The zero-order chi connectivity index (χ0) is 15.6. The van der Waals surface area contributed by atoms with E-state index in [2.05, 4.69) is 6.92 Å². The van der Waals surface area contributed by atoms with E-state index in [1.807, 2.05) is 6.07 Å². The number of unbranched alkanes of at least 4 members (excludes halogenated alkanes) is 6. The van der Waals surface area contributed by atoms with Gasteiger partial charge in [-0.1, -0.05) is 63.6 Å². The lowest BCUT2D eigenvalue weighted by atomic mass is 10.1. The molecule has 1 aromatic carbocycles. The maximum absolute atomic E-state index is 12.1. The second kappa shape index (κ2) is 9.57. The zero-order valence-corrected chi connectivity index (χ0v) is 13.7. The van der Waals surface area contributed by atoms with Gasteiger partial charge in [0.1, 0.15) is 0 Å². The summed E-state index contributed by atoms with van der Waals surface area (Å²) in [5.74, 6) is 0.201. The molecule has 21 heavy (non-hydrogen) atoms. The molecule has 1 rings (SSSR count). The van der Waals surface area contributed by atoms with Crippen molar-refractivity contribution < 1.29 is 8.42 Å². The third-order valence-electron chi connectivity index (χ3n) is 3.57. The van der Waals surface area contributed by atoms with Gasteiger partial charge < -0.3 is 0 Å². The molecule has 0 bridgehead atoms. The van der Waals surface area contributed by atoms with Gasteiger partial charge in [0.15, 0.2) is 9.84 Å². The summed E-state index contributed by atoms with van der Waals surface area (Å²) in [7, 11) is -3.12. The molecule has 116 valence electrons. The summed E-state index contributed by atoms with van der Waals surface area (Å²) in [6.45, 7) is 2.19. The van der Waals surface area contributed by atoms with Crippen molar-refractivity contribution in [1.29, 1.82) is 5.26 Å². The van der Waals surface area contributed by atoms with Gasteiger partial charge in [-0.25, -0.2) is 8.42 Å². The molecule has 0 aliphatic rings. The van der Waals surface area contributed by atoms with Crippen LogP contribution in [-0.2, 0) is 15.6 Å². The van der Waals surface area contributed by atoms with E-state index >= 15 is 0 Å². The molecule has 0 heterocycles. The van der Waals surface area contributed by atoms with Crippen LogP contribution in [0.15, 0.2) is 24.3 Å². The molecular weight excluding hydrogens is 282 g/mol. The monoisotopic (exact) mass is 307 g/mol. The summed E-state index contributed by atoms with van der Waals surface area (Å²) >= 11 is 0. The first-order valence-electron chi connectivity index (χ1n) is 7.77. The predicted molar refractivity (Wildman–Crippen MR) is 86.6 cm³/mol. The van der Waals surface area contributed by atoms with Gasteiger partial charge in [0, 0.05) is 0 Å². The van der Waals surface area contributed by atoms with E-state index < -0.39 is 9.84 Å². The Morgan fingerprint density at radius 3 is 2.29 bits per heavy atom. The van der Waals surface area contributed by atoms with Crippen molar-refractivity contribution in [3.05, 3.63) is 35.4 Å². The second-order valence-electron chi connectivity index (χ2n) is 5.48. The lowest BCUT2D eigenvalue weighted by Gasteiger charge is -2.06. The van der Waals surface area contributed by atoms with Crippen molar-refractivity contribution in [1.82, 2.24) is 0 Å². The Labute approximate surface area is 128 Å². The first kappa shape index (κ1) is 17.7. The number of rotatable bonds is 10. The Hall–Kier alpha value is -1.34. The molecule has 0 aliphatic carbocycles. The molecule has 0 N–H and O–H groups in total. The van der Waals surface area contributed by atoms with Crippen molar-refractivity contribution in [2.24, 2.45) is 0 Å². The Morgan fingerprint density at radius 2 is 1.62 bits per heavy atom. The minimum atomic E-state index is -3.12. The van der Waals surface area contributed by atoms with Crippen LogP contribution in [0.5, 0.6) is 0 Å². The largest absolute Gasteiger partial charge is 0.228 e. The van der Waals surface area contributed by atoms with Gasteiger partial charge in [-0.2, -0.15) is 5.26 Å². The smallest absolute Gasteiger partial charge is 0.154 e. The van der Waals surface area contributed by atoms with Crippen LogP contribution >= 0.6 is 0 Å². The van der Waals surface area contributed by atoms with Crippen LogP contribution in [0.4, 0.5) is 0 Å². The molecular formula is C17H25NO2S. The Morgan fingerprint density at radius 1 is 1.00 bits per heavy atom. The fraction of sp³-hybridized carbons (Fsp3) is 0.588. The topological polar surface area (TPSA) is 57.9 Å². The number of nitriles is 1. The van der Waals surface area contributed by atoms with Gasteiger partial charge in [0.25, 0.3) is 0 Å². The predicted octanol–water partition coefficient (Wildman–Crippen LogP) is 4.22. The average molecular weight is 307 g/mol. The summed E-state index contributed by atoms with van der Waals surface area (Å²) in [6, 6.07) is 8.97. The first-order valence-corrected chi connectivity index (χ1v) is 9.59. The molecule has 0 spiro atoms. The van der Waals surface area contributed by atoms with E-state index in [0.717, 1.165) is 19.3 Å². The molecule has 1 aromatic rings. The highest BCUT2D eigenvalue weighted by Crippen LogP contribution is 2.14. The van der Waals surface area contributed by atoms with Gasteiger partial charge in [0.2, 0.25) is 0 Å².